The predicted octanol–water partition coefficient (Wildman–Crippen LogP) is 1.61. The fourth-order valence-electron chi connectivity index (χ4n) is 2.77. The first-order valence-corrected chi connectivity index (χ1v) is 9.07. The van der Waals surface area contributed by atoms with E-state index in [0.717, 1.165) is 25.9 Å². The number of aromatic nitrogens is 4. The number of rotatable bonds is 4. The molecule has 1 aliphatic rings. The normalized spacial score (nSPS) is 15.7. The first-order chi connectivity index (χ1) is 11.0. The van der Waals surface area contributed by atoms with Crippen molar-refractivity contribution in [2.24, 2.45) is 0 Å². The highest BCUT2D eigenvalue weighted by atomic mass is 32.2. The molecule has 1 saturated heterocycles. The maximum atomic E-state index is 12.5. The van der Waals surface area contributed by atoms with Gasteiger partial charge >= 0.3 is 0 Å². The standard InChI is InChI=1S/C14H20N6O2S/c1-10-13(11(2)18-17-10)23(21,22)19-12-8-15-14(16-9-12)20-6-4-3-5-7-20/h8-9,19H,3-7H2,1-2H3,(H,17,18). The Kier molecular flexibility index (Phi) is 4.20. The lowest BCUT2D eigenvalue weighted by atomic mass is 10.1. The molecule has 0 unspecified atom stereocenters. The molecule has 2 N–H and O–H groups in total. The van der Waals surface area contributed by atoms with Crippen molar-refractivity contribution in [1.82, 2.24) is 20.2 Å². The molecule has 23 heavy (non-hydrogen) atoms. The number of sulfonamides is 1. The zero-order chi connectivity index (χ0) is 16.4. The highest BCUT2D eigenvalue weighted by Gasteiger charge is 2.22. The minimum absolute atomic E-state index is 0.164. The maximum Gasteiger partial charge on any atom is 0.265 e. The molecule has 9 heteroatoms. The van der Waals surface area contributed by atoms with E-state index in [1.54, 1.807) is 13.8 Å². The van der Waals surface area contributed by atoms with Crippen molar-refractivity contribution < 1.29 is 8.42 Å². The quantitative estimate of drug-likeness (QED) is 0.879. The molecular weight excluding hydrogens is 316 g/mol. The smallest absolute Gasteiger partial charge is 0.265 e. The molecule has 2 aromatic rings. The number of hydrogen-bond donors (Lipinski definition) is 2. The summed E-state index contributed by atoms with van der Waals surface area (Å²) in [6.07, 6.45) is 6.50. The van der Waals surface area contributed by atoms with Gasteiger partial charge in [-0.1, -0.05) is 0 Å². The van der Waals surface area contributed by atoms with Crippen LogP contribution in [0.25, 0.3) is 0 Å². The van der Waals surface area contributed by atoms with Gasteiger partial charge in [0.05, 0.1) is 29.5 Å². The average molecular weight is 336 g/mol. The van der Waals surface area contributed by atoms with Crippen molar-refractivity contribution in [3.05, 3.63) is 23.8 Å². The van der Waals surface area contributed by atoms with E-state index in [0.29, 0.717) is 23.0 Å². The van der Waals surface area contributed by atoms with Gasteiger partial charge in [0, 0.05) is 13.1 Å². The summed E-state index contributed by atoms with van der Waals surface area (Å²) in [7, 11) is -3.71. The molecule has 0 atom stereocenters. The predicted molar refractivity (Wildman–Crippen MR) is 87.0 cm³/mol. The second-order valence-electron chi connectivity index (χ2n) is 5.69. The molecule has 3 rings (SSSR count). The van der Waals surface area contributed by atoms with Gasteiger partial charge in [-0.2, -0.15) is 5.10 Å². The van der Waals surface area contributed by atoms with Crippen LogP contribution in [0, 0.1) is 13.8 Å². The van der Waals surface area contributed by atoms with Crippen LogP contribution >= 0.6 is 0 Å². The van der Waals surface area contributed by atoms with E-state index in [-0.39, 0.29) is 4.90 Å². The van der Waals surface area contributed by atoms with Gasteiger partial charge in [0.15, 0.2) is 0 Å². The molecule has 0 bridgehead atoms. The fraction of sp³-hybridized carbons (Fsp3) is 0.500. The average Bonchev–Trinajstić information content (AvgIpc) is 2.88. The van der Waals surface area contributed by atoms with Crippen molar-refractivity contribution in [2.45, 2.75) is 38.0 Å². The van der Waals surface area contributed by atoms with Gasteiger partial charge in [0.1, 0.15) is 4.90 Å². The van der Waals surface area contributed by atoms with E-state index < -0.39 is 10.0 Å². The minimum atomic E-state index is -3.71. The summed E-state index contributed by atoms with van der Waals surface area (Å²) in [6, 6.07) is 0. The van der Waals surface area contributed by atoms with Crippen LogP contribution < -0.4 is 9.62 Å². The lowest BCUT2D eigenvalue weighted by Gasteiger charge is -2.26. The number of nitrogens with zero attached hydrogens (tertiary/aromatic N) is 4. The van der Waals surface area contributed by atoms with Crippen molar-refractivity contribution in [1.29, 1.82) is 0 Å². The third-order valence-electron chi connectivity index (χ3n) is 3.86. The Morgan fingerprint density at radius 2 is 1.78 bits per heavy atom. The fourth-order valence-corrected chi connectivity index (χ4v) is 4.17. The van der Waals surface area contributed by atoms with Crippen molar-refractivity contribution >= 4 is 21.7 Å². The van der Waals surface area contributed by atoms with Crippen LogP contribution in [0.3, 0.4) is 0 Å². The van der Waals surface area contributed by atoms with E-state index in [1.807, 2.05) is 0 Å². The lowest BCUT2D eigenvalue weighted by Crippen LogP contribution is -2.30. The molecule has 0 aromatic carbocycles. The maximum absolute atomic E-state index is 12.5. The van der Waals surface area contributed by atoms with Gasteiger partial charge < -0.3 is 4.90 Å². The minimum Gasteiger partial charge on any atom is -0.341 e. The highest BCUT2D eigenvalue weighted by Crippen LogP contribution is 2.21. The molecule has 1 aliphatic heterocycles. The van der Waals surface area contributed by atoms with E-state index in [4.69, 9.17) is 0 Å². The van der Waals surface area contributed by atoms with Crippen molar-refractivity contribution in [2.75, 3.05) is 22.7 Å². The molecule has 2 aromatic heterocycles. The Morgan fingerprint density at radius 1 is 1.13 bits per heavy atom. The van der Waals surface area contributed by atoms with Crippen LogP contribution in [0.1, 0.15) is 30.7 Å². The second kappa shape index (κ2) is 6.15. The Bertz CT molecular complexity index is 759. The highest BCUT2D eigenvalue weighted by molar-refractivity contribution is 7.92. The SMILES string of the molecule is Cc1n[nH]c(C)c1S(=O)(=O)Nc1cnc(N2CCCCC2)nc1. The number of hydrogen-bond acceptors (Lipinski definition) is 6. The zero-order valence-corrected chi connectivity index (χ0v) is 14.0. The zero-order valence-electron chi connectivity index (χ0n) is 13.2. The van der Waals surface area contributed by atoms with Gasteiger partial charge in [0.2, 0.25) is 5.95 Å². The largest absolute Gasteiger partial charge is 0.341 e. The summed E-state index contributed by atoms with van der Waals surface area (Å²) in [5, 5.41) is 6.59. The molecular formula is C14H20N6O2S. The summed E-state index contributed by atoms with van der Waals surface area (Å²) >= 11 is 0. The number of piperidine rings is 1. The van der Waals surface area contributed by atoms with Gasteiger partial charge in [-0.3, -0.25) is 9.82 Å². The van der Waals surface area contributed by atoms with E-state index in [9.17, 15) is 8.42 Å². The Morgan fingerprint density at radius 3 is 2.35 bits per heavy atom. The Labute approximate surface area is 135 Å². The second-order valence-corrected chi connectivity index (χ2v) is 7.31. The molecule has 1 fully saturated rings. The summed E-state index contributed by atoms with van der Waals surface area (Å²) in [5.41, 5.74) is 1.27. The van der Waals surface area contributed by atoms with E-state index in [1.165, 1.54) is 18.8 Å². The van der Waals surface area contributed by atoms with Crippen LogP contribution in [0.5, 0.6) is 0 Å². The van der Waals surface area contributed by atoms with Crippen LogP contribution in [0.15, 0.2) is 17.3 Å². The summed E-state index contributed by atoms with van der Waals surface area (Å²) < 4.78 is 27.4. The number of aryl methyl sites for hydroxylation is 2. The number of H-pyrrole nitrogens is 1. The third kappa shape index (κ3) is 3.29. The van der Waals surface area contributed by atoms with Crippen molar-refractivity contribution in [3.8, 4) is 0 Å². The topological polar surface area (TPSA) is 104 Å². The van der Waals surface area contributed by atoms with Crippen LogP contribution in [0.2, 0.25) is 0 Å². The Hall–Kier alpha value is -2.16. The molecule has 3 heterocycles. The monoisotopic (exact) mass is 336 g/mol. The van der Waals surface area contributed by atoms with Gasteiger partial charge in [-0.25, -0.2) is 18.4 Å². The van der Waals surface area contributed by atoms with Crippen LogP contribution in [-0.2, 0) is 10.0 Å². The van der Waals surface area contributed by atoms with Crippen LogP contribution in [-0.4, -0.2) is 41.7 Å². The Balaban J connectivity index is 1.78. The number of aromatic amines is 1. The molecule has 124 valence electrons. The molecule has 8 nitrogen and oxygen atoms in total. The third-order valence-corrected chi connectivity index (χ3v) is 5.50. The summed E-state index contributed by atoms with van der Waals surface area (Å²) in [4.78, 5) is 10.8. The van der Waals surface area contributed by atoms with Gasteiger partial charge in [-0.15, -0.1) is 0 Å². The molecule has 0 radical (unpaired) electrons. The molecule has 0 saturated carbocycles. The lowest BCUT2D eigenvalue weighted by molar-refractivity contribution is 0.568. The van der Waals surface area contributed by atoms with Gasteiger partial charge in [-0.05, 0) is 33.1 Å². The molecule has 0 amide bonds. The van der Waals surface area contributed by atoms with E-state index >= 15 is 0 Å². The van der Waals surface area contributed by atoms with E-state index in [2.05, 4.69) is 29.8 Å². The van der Waals surface area contributed by atoms with Crippen LogP contribution in [0.4, 0.5) is 11.6 Å². The van der Waals surface area contributed by atoms with Crippen molar-refractivity contribution in [3.63, 3.8) is 0 Å². The summed E-state index contributed by atoms with van der Waals surface area (Å²) in [5.74, 6) is 0.642. The molecule has 0 spiro atoms. The van der Waals surface area contributed by atoms with Gasteiger partial charge in [0.25, 0.3) is 10.0 Å². The molecule has 0 aliphatic carbocycles. The number of nitrogens with one attached hydrogen (secondary N) is 2. The number of anilines is 2. The summed E-state index contributed by atoms with van der Waals surface area (Å²) in [6.45, 7) is 5.20. The first-order valence-electron chi connectivity index (χ1n) is 7.59. The first kappa shape index (κ1) is 15.7.